The first kappa shape index (κ1) is 54.1. The second-order valence-electron chi connectivity index (χ2n) is 20.9. The van der Waals surface area contributed by atoms with Crippen LogP contribution in [-0.4, -0.2) is 188 Å². The van der Waals surface area contributed by atoms with Crippen LogP contribution in [-0.2, 0) is 22.4 Å². The monoisotopic (exact) mass is 1070 g/mol. The fourth-order valence-corrected chi connectivity index (χ4v) is 11.3. The van der Waals surface area contributed by atoms with Gasteiger partial charge in [0.2, 0.25) is 23.7 Å². The van der Waals surface area contributed by atoms with Crippen molar-refractivity contribution < 1.29 is 45.0 Å². The molecular weight excluding hydrogens is 1000 g/mol. The van der Waals surface area contributed by atoms with Gasteiger partial charge in [0.25, 0.3) is 0 Å². The Morgan fingerprint density at radius 1 is 0.577 bits per heavy atom. The number of aromatic nitrogens is 8. The first-order valence-electron chi connectivity index (χ1n) is 27.0. The lowest BCUT2D eigenvalue weighted by Gasteiger charge is -2.23. The number of fused-ring (bicyclic) bond motifs is 2. The highest BCUT2D eigenvalue weighted by Gasteiger charge is 2.45. The summed E-state index contributed by atoms with van der Waals surface area (Å²) in [6, 6.07) is 14.9. The standard InChI is InChI=1S/C53H70N16O9/c1-3-39(72)60-35-21-37(45(76)43(35)74)68-27-54-41-47(56-33(25-70)19-29-11-7-5-8-12-29)62-51(64-49(41)68)66-17-15-31(23-66)58-53(78)59-32-16-18-67(24-32)52-63-48(57-34(26-71)20-30-13-9-6-10-14-30)42-50(65-52)69(28-55-42)38-22-36(44(75)46(38)77)61-40(73)4-2/h5-14,27-28,31-38,43-46,70-71,74-77H,3-4,15-26H2,1-2H3,(H,60,72)(H,61,73)(H,56,62,64)(H,57,63,65)(H2,58,59,78)/t31-,32-,33+,34+,35+,36+,37-,38-,43-,44-,45+,46+/m1/s1. The van der Waals surface area contributed by atoms with Crippen molar-refractivity contribution in [1.29, 1.82) is 0 Å². The summed E-state index contributed by atoms with van der Waals surface area (Å²) >= 11 is 0. The molecule has 6 heterocycles. The van der Waals surface area contributed by atoms with E-state index < -0.39 is 60.7 Å². The van der Waals surface area contributed by atoms with Crippen molar-refractivity contribution in [3.05, 3.63) is 84.4 Å². The maximum absolute atomic E-state index is 13.8. The quantitative estimate of drug-likeness (QED) is 0.0488. The molecule has 0 radical (unpaired) electrons. The van der Waals surface area contributed by atoms with E-state index in [1.165, 1.54) is 0 Å². The van der Waals surface area contributed by atoms with Crippen LogP contribution in [0.1, 0.15) is 75.6 Å². The van der Waals surface area contributed by atoms with Crippen molar-refractivity contribution >= 4 is 63.7 Å². The van der Waals surface area contributed by atoms with Gasteiger partial charge in [0.1, 0.15) is 24.4 Å². The molecule has 0 spiro atoms. The normalized spacial score (nSPS) is 25.8. The van der Waals surface area contributed by atoms with Crippen LogP contribution in [0.3, 0.4) is 0 Å². The Balaban J connectivity index is 0.844. The van der Waals surface area contributed by atoms with Crippen LogP contribution < -0.4 is 41.7 Å². The third-order valence-electron chi connectivity index (χ3n) is 15.6. The average Bonchev–Trinajstić information content (AvgIpc) is 4.54. The molecule has 4 fully saturated rings. The van der Waals surface area contributed by atoms with Gasteiger partial charge in [0.15, 0.2) is 34.0 Å². The van der Waals surface area contributed by atoms with Gasteiger partial charge in [-0.25, -0.2) is 14.8 Å². The fraction of sp³-hybridized carbons (Fsp3) is 0.528. The van der Waals surface area contributed by atoms with Crippen LogP contribution in [0.5, 0.6) is 0 Å². The molecule has 2 aliphatic heterocycles. The van der Waals surface area contributed by atoms with Crippen molar-refractivity contribution in [3.8, 4) is 0 Å². The number of hydrogen-bond donors (Lipinski definition) is 12. The molecule has 4 aromatic heterocycles. The Bertz CT molecular complexity index is 2840. The zero-order chi connectivity index (χ0) is 54.6. The molecule has 25 nitrogen and oxygen atoms in total. The third kappa shape index (κ3) is 11.6. The number of carbonyl (C=O) groups is 3. The van der Waals surface area contributed by atoms with E-state index in [2.05, 4.69) is 41.9 Å². The van der Waals surface area contributed by atoms with Gasteiger partial charge in [-0.2, -0.15) is 19.9 Å². The maximum atomic E-state index is 13.8. The number of aliphatic hydroxyl groups is 6. The number of hydrogen-bond acceptors (Lipinski definition) is 19. The largest absolute Gasteiger partial charge is 0.394 e. The lowest BCUT2D eigenvalue weighted by Crippen LogP contribution is -2.48. The molecule has 12 atom stereocenters. The highest BCUT2D eigenvalue weighted by molar-refractivity contribution is 5.86. The predicted molar refractivity (Wildman–Crippen MR) is 289 cm³/mol. The number of nitrogens with one attached hydrogen (secondary N) is 6. The first-order valence-corrected chi connectivity index (χ1v) is 27.0. The Hall–Kier alpha value is -7.29. The van der Waals surface area contributed by atoms with E-state index in [0.29, 0.717) is 97.7 Å². The van der Waals surface area contributed by atoms with Crippen LogP contribution in [0.4, 0.5) is 28.3 Å². The van der Waals surface area contributed by atoms with E-state index in [4.69, 9.17) is 19.9 Å². The molecular formula is C53H70N16O9. The number of aliphatic hydroxyl groups excluding tert-OH is 6. The van der Waals surface area contributed by atoms with Crippen molar-refractivity contribution in [2.75, 3.05) is 59.8 Å². The number of benzene rings is 2. The second kappa shape index (κ2) is 23.8. The van der Waals surface area contributed by atoms with Gasteiger partial charge in [-0.05, 0) is 49.7 Å². The Labute approximate surface area is 449 Å². The van der Waals surface area contributed by atoms with E-state index >= 15 is 0 Å². The van der Waals surface area contributed by atoms with Gasteiger partial charge in [-0.15, -0.1) is 0 Å². The van der Waals surface area contributed by atoms with Gasteiger partial charge in [-0.1, -0.05) is 74.5 Å². The smallest absolute Gasteiger partial charge is 0.315 e. The molecule has 25 heteroatoms. The SMILES string of the molecule is CCC(=O)N[C@H]1C[C@@H](n2cnc3c(N[C@H](CO)Cc4ccccc4)nc(N4CC[C@@H](NC(=O)N[C@@H]5CCN(c6nc(N[C@H](CO)Cc7ccccc7)c7ncn([C@@H]8C[C@H](NC(=O)CC)[C@@H](O)[C@H]8O)c7n6)C5)C4)nc32)[C@H](O)[C@@H]1O. The number of nitrogens with zero attached hydrogens (tertiary/aromatic N) is 10. The molecule has 12 N–H and O–H groups in total. The van der Waals surface area contributed by atoms with Crippen LogP contribution >= 0.6 is 0 Å². The van der Waals surface area contributed by atoms with Crippen molar-refractivity contribution in [3.63, 3.8) is 0 Å². The van der Waals surface area contributed by atoms with E-state index in [-0.39, 0.29) is 68.8 Å². The van der Waals surface area contributed by atoms with Gasteiger partial charge >= 0.3 is 6.03 Å². The van der Waals surface area contributed by atoms with Crippen LogP contribution in [0.2, 0.25) is 0 Å². The minimum absolute atomic E-state index is 0.210. The Morgan fingerprint density at radius 3 is 1.37 bits per heavy atom. The topological polar surface area (TPSA) is 338 Å². The van der Waals surface area contributed by atoms with Crippen LogP contribution in [0, 0.1) is 0 Å². The lowest BCUT2D eigenvalue weighted by molar-refractivity contribution is -0.123. The first-order chi connectivity index (χ1) is 37.8. The number of rotatable bonds is 20. The van der Waals surface area contributed by atoms with Crippen LogP contribution in [0.15, 0.2) is 73.3 Å². The zero-order valence-electron chi connectivity index (χ0n) is 43.6. The third-order valence-corrected chi connectivity index (χ3v) is 15.6. The van der Waals surface area contributed by atoms with E-state index in [9.17, 15) is 45.0 Å². The summed E-state index contributed by atoms with van der Waals surface area (Å²) in [5.41, 5.74) is 3.57. The Morgan fingerprint density at radius 2 is 0.987 bits per heavy atom. The summed E-state index contributed by atoms with van der Waals surface area (Å²) in [5.74, 6) is 0.914. The highest BCUT2D eigenvalue weighted by atomic mass is 16.3. The predicted octanol–water partition coefficient (Wildman–Crippen LogP) is 0.277. The van der Waals surface area contributed by atoms with Crippen molar-refractivity contribution in [2.45, 2.75) is 138 Å². The lowest BCUT2D eigenvalue weighted by atomic mass is 10.1. The van der Waals surface area contributed by atoms with Gasteiger partial charge in [0.05, 0.1) is 62.1 Å². The summed E-state index contributed by atoms with van der Waals surface area (Å²) < 4.78 is 3.41. The number of amides is 4. The summed E-state index contributed by atoms with van der Waals surface area (Å²) in [5, 5.41) is 84.4. The van der Waals surface area contributed by atoms with Crippen LogP contribution in [0.25, 0.3) is 22.3 Å². The number of carbonyl (C=O) groups excluding carboxylic acids is 3. The summed E-state index contributed by atoms with van der Waals surface area (Å²) in [6.45, 7) is 4.72. The Kier molecular flexibility index (Phi) is 16.5. The molecule has 2 aromatic carbocycles. The summed E-state index contributed by atoms with van der Waals surface area (Å²) in [6.07, 6.45) is 1.20. The van der Waals surface area contributed by atoms with Gasteiger partial charge in [-0.3, -0.25) is 9.59 Å². The molecule has 416 valence electrons. The number of imidazole rings is 2. The molecule has 2 aliphatic carbocycles. The van der Waals surface area contributed by atoms with E-state index in [0.717, 1.165) is 11.1 Å². The molecule has 10 rings (SSSR count). The zero-order valence-corrected chi connectivity index (χ0v) is 43.6. The summed E-state index contributed by atoms with van der Waals surface area (Å²) in [4.78, 5) is 71.6. The molecule has 78 heavy (non-hydrogen) atoms. The number of anilines is 4. The molecule has 6 aromatic rings. The highest BCUT2D eigenvalue weighted by Crippen LogP contribution is 2.37. The second-order valence-corrected chi connectivity index (χ2v) is 20.9. The van der Waals surface area contributed by atoms with E-state index in [1.54, 1.807) is 35.6 Å². The molecule has 2 saturated carbocycles. The van der Waals surface area contributed by atoms with Gasteiger partial charge < -0.3 is 81.5 Å². The van der Waals surface area contributed by atoms with Crippen molar-refractivity contribution in [2.24, 2.45) is 0 Å². The summed E-state index contributed by atoms with van der Waals surface area (Å²) in [7, 11) is 0. The van der Waals surface area contributed by atoms with Crippen molar-refractivity contribution in [1.82, 2.24) is 60.3 Å². The molecule has 4 amide bonds. The fourth-order valence-electron chi connectivity index (χ4n) is 11.3. The molecule has 2 saturated heterocycles. The minimum atomic E-state index is -1.23. The molecule has 4 aliphatic rings. The van der Waals surface area contributed by atoms with E-state index in [1.807, 2.05) is 70.5 Å². The minimum Gasteiger partial charge on any atom is -0.394 e. The molecule has 0 unspecified atom stereocenters. The van der Waals surface area contributed by atoms with Gasteiger partial charge in [0, 0.05) is 51.1 Å². The number of urea groups is 1. The maximum Gasteiger partial charge on any atom is 0.315 e. The average molecular weight is 1080 g/mol. The molecule has 0 bridgehead atoms.